The lowest BCUT2D eigenvalue weighted by molar-refractivity contribution is -0.383. The van der Waals surface area contributed by atoms with Crippen molar-refractivity contribution in [2.45, 2.75) is 108 Å². The molecule has 50 heavy (non-hydrogen) atoms. The molecule has 13 nitrogen and oxygen atoms in total. The second-order valence-electron chi connectivity index (χ2n) is 13.4. The minimum absolute atomic E-state index is 0.0306. The van der Waals surface area contributed by atoms with Crippen LogP contribution < -0.4 is 0 Å². The van der Waals surface area contributed by atoms with Gasteiger partial charge in [0.15, 0.2) is 6.10 Å². The van der Waals surface area contributed by atoms with Crippen LogP contribution in [0.5, 0.6) is 0 Å². The average Bonchev–Trinajstić information content (AvgIpc) is 3.31. The van der Waals surface area contributed by atoms with Crippen molar-refractivity contribution in [3.63, 3.8) is 0 Å². The van der Waals surface area contributed by atoms with Gasteiger partial charge in [-0.2, -0.15) is 0 Å². The third-order valence-corrected chi connectivity index (χ3v) is 9.68. The summed E-state index contributed by atoms with van der Waals surface area (Å²) in [7, 11) is 1.87. The number of carbonyl (C=O) groups excluding carboxylic acids is 4. The Morgan fingerprint density at radius 1 is 1.06 bits per heavy atom. The van der Waals surface area contributed by atoms with E-state index in [1.54, 1.807) is 6.08 Å². The average molecular weight is 705 g/mol. The van der Waals surface area contributed by atoms with Crippen LogP contribution in [0.15, 0.2) is 54.6 Å². The molecule has 2 aliphatic heterocycles. The van der Waals surface area contributed by atoms with E-state index in [4.69, 9.17) is 28.4 Å². The Balaban J connectivity index is 2.03. The Bertz CT molecular complexity index is 1390. The number of methoxy groups -OCH3 is 2. The van der Waals surface area contributed by atoms with Crippen LogP contribution >= 0.6 is 0 Å². The lowest BCUT2D eigenvalue weighted by atomic mass is 9.74. The molecule has 3 rings (SSSR count). The Labute approximate surface area is 293 Å². The van der Waals surface area contributed by atoms with Gasteiger partial charge in [-0.25, -0.2) is 14.4 Å². The van der Waals surface area contributed by atoms with Crippen molar-refractivity contribution in [2.24, 2.45) is 17.8 Å². The molecular weight excluding hydrogens is 652 g/mol. The maximum atomic E-state index is 13.7. The first kappa shape index (κ1) is 40.8. The van der Waals surface area contributed by atoms with E-state index in [-0.39, 0.29) is 24.7 Å². The zero-order chi connectivity index (χ0) is 37.4. The van der Waals surface area contributed by atoms with Crippen LogP contribution in [0.3, 0.4) is 0 Å². The molecule has 13 heteroatoms. The van der Waals surface area contributed by atoms with Gasteiger partial charge in [-0.05, 0) is 42.2 Å². The monoisotopic (exact) mass is 704 g/mol. The molecule has 1 aromatic rings. The summed E-state index contributed by atoms with van der Waals surface area (Å²) in [6, 6.07) is 9.55. The summed E-state index contributed by atoms with van der Waals surface area (Å²) in [6.45, 7) is 12.3. The molecule has 2 fully saturated rings. The second kappa shape index (κ2) is 17.1. The molecule has 0 spiro atoms. The van der Waals surface area contributed by atoms with Crippen LogP contribution in [0.4, 0.5) is 0 Å². The smallest absolute Gasteiger partial charge is 0.346 e. The van der Waals surface area contributed by atoms with Crippen molar-refractivity contribution in [1.29, 1.82) is 0 Å². The van der Waals surface area contributed by atoms with E-state index in [0.717, 1.165) is 38.7 Å². The fourth-order valence-corrected chi connectivity index (χ4v) is 6.91. The van der Waals surface area contributed by atoms with Gasteiger partial charge in [-0.3, -0.25) is 4.79 Å². The van der Waals surface area contributed by atoms with E-state index in [1.807, 2.05) is 44.2 Å². The SMILES string of the molecule is C=C(CC[C@@]12O[C@H](CO)[C@@](O)(C(=O)OC)[C@@](C(=O)OC)(O1)[C@H](OC(=O)/C=C/[C@@H](C)C[C@@H](C)CC)[C@H]2O)[C@@H](OC(C)=O)[C@H](C)Cc1ccccc1. The molecule has 2 bridgehead atoms. The quantitative estimate of drug-likeness (QED) is 0.0932. The highest BCUT2D eigenvalue weighted by atomic mass is 16.8. The highest BCUT2D eigenvalue weighted by Crippen LogP contribution is 2.56. The third-order valence-electron chi connectivity index (χ3n) is 9.68. The second-order valence-corrected chi connectivity index (χ2v) is 13.4. The molecule has 0 unspecified atom stereocenters. The number of esters is 4. The summed E-state index contributed by atoms with van der Waals surface area (Å²) < 4.78 is 33.2. The van der Waals surface area contributed by atoms with Gasteiger partial charge in [0.05, 0.1) is 20.8 Å². The molecule has 2 saturated heterocycles. The normalized spacial score (nSPS) is 29.8. The Hall–Kier alpha value is -3.62. The number of fused-ring (bicyclic) bond motifs is 2. The molecule has 0 aromatic heterocycles. The minimum atomic E-state index is -3.16. The van der Waals surface area contributed by atoms with Crippen molar-refractivity contribution in [3.05, 3.63) is 60.2 Å². The standard InChI is InChI=1S/C37H52O13/c1-9-22(2)19-23(3)15-16-29(40)48-32-31(41)35(49-28(21-38)36(44,33(42)45-7)37(32,50-35)34(43)46-8)18-17-24(4)30(47-26(6)39)25(5)20-27-13-11-10-12-14-27/h10-16,22-23,25,28,30-32,38,41,44H,4,9,17-21H2,1-3,5-8H3/b16-15+/t22-,23+,25+,28+,30+,31+,32+,35+,36+,37+/m0/s1. The van der Waals surface area contributed by atoms with E-state index in [9.17, 15) is 34.5 Å². The van der Waals surface area contributed by atoms with Crippen molar-refractivity contribution in [3.8, 4) is 0 Å². The van der Waals surface area contributed by atoms with Crippen LogP contribution in [0.2, 0.25) is 0 Å². The molecular formula is C37H52O13. The molecule has 3 N–H and O–H groups in total. The number of aliphatic hydroxyl groups excluding tert-OH is 2. The van der Waals surface area contributed by atoms with Gasteiger partial charge >= 0.3 is 23.9 Å². The molecule has 0 saturated carbocycles. The van der Waals surface area contributed by atoms with Gasteiger partial charge in [0.2, 0.25) is 17.0 Å². The molecule has 278 valence electrons. The van der Waals surface area contributed by atoms with Gasteiger partial charge in [0.1, 0.15) is 18.3 Å². The highest BCUT2D eigenvalue weighted by Gasteiger charge is 2.85. The van der Waals surface area contributed by atoms with Gasteiger partial charge in [-0.15, -0.1) is 0 Å². The fraction of sp³-hybridized carbons (Fsp3) is 0.622. The van der Waals surface area contributed by atoms with Crippen LogP contribution in [0, 0.1) is 17.8 Å². The molecule has 2 aliphatic rings. The van der Waals surface area contributed by atoms with Gasteiger partial charge in [0, 0.05) is 25.3 Å². The van der Waals surface area contributed by atoms with E-state index >= 15 is 0 Å². The molecule has 1 aromatic carbocycles. The predicted molar refractivity (Wildman–Crippen MR) is 179 cm³/mol. The van der Waals surface area contributed by atoms with Crippen LogP contribution in [-0.2, 0) is 54.0 Å². The number of ether oxygens (including phenoxy) is 6. The van der Waals surface area contributed by atoms with Gasteiger partial charge in [-0.1, -0.05) is 77.1 Å². The van der Waals surface area contributed by atoms with E-state index in [2.05, 4.69) is 20.4 Å². The van der Waals surface area contributed by atoms with Crippen molar-refractivity contribution < 1.29 is 62.9 Å². The van der Waals surface area contributed by atoms with E-state index in [1.165, 1.54) is 6.92 Å². The summed E-state index contributed by atoms with van der Waals surface area (Å²) in [5.74, 6) is -6.60. The minimum Gasteiger partial charge on any atom is -0.467 e. The summed E-state index contributed by atoms with van der Waals surface area (Å²) >= 11 is 0. The number of hydrogen-bond acceptors (Lipinski definition) is 13. The zero-order valence-corrected chi connectivity index (χ0v) is 30.0. The lowest BCUT2D eigenvalue weighted by Gasteiger charge is -2.50. The molecule has 2 heterocycles. The molecule has 0 amide bonds. The largest absolute Gasteiger partial charge is 0.467 e. The van der Waals surface area contributed by atoms with Crippen molar-refractivity contribution >= 4 is 23.9 Å². The maximum absolute atomic E-state index is 13.7. The molecule has 0 aliphatic carbocycles. The number of allylic oxidation sites excluding steroid dienone is 1. The molecule has 0 radical (unpaired) electrons. The van der Waals surface area contributed by atoms with E-state index < -0.39 is 71.9 Å². The number of aliphatic hydroxyl groups is 3. The maximum Gasteiger partial charge on any atom is 0.346 e. The number of carbonyl (C=O) groups is 4. The highest BCUT2D eigenvalue weighted by molar-refractivity contribution is 5.95. The van der Waals surface area contributed by atoms with E-state index in [0.29, 0.717) is 17.9 Å². The van der Waals surface area contributed by atoms with Gasteiger partial charge < -0.3 is 43.7 Å². The summed E-state index contributed by atoms with van der Waals surface area (Å²) in [5, 5.41) is 34.3. The van der Waals surface area contributed by atoms with Crippen molar-refractivity contribution in [2.75, 3.05) is 20.8 Å². The zero-order valence-electron chi connectivity index (χ0n) is 30.0. The first-order chi connectivity index (χ1) is 23.6. The summed E-state index contributed by atoms with van der Waals surface area (Å²) in [6.07, 6.45) is -2.21. The third kappa shape index (κ3) is 8.13. The number of rotatable bonds is 17. The topological polar surface area (TPSA) is 184 Å². The fourth-order valence-electron chi connectivity index (χ4n) is 6.91. The summed E-state index contributed by atoms with van der Waals surface area (Å²) in [5.41, 5.74) is -4.72. The Kier molecular flexibility index (Phi) is 13.9. The lowest BCUT2D eigenvalue weighted by Crippen LogP contribution is -2.77. The number of benzene rings is 1. The van der Waals surface area contributed by atoms with Crippen LogP contribution in [0.25, 0.3) is 0 Å². The van der Waals surface area contributed by atoms with Crippen LogP contribution in [-0.4, -0.2) is 101 Å². The Morgan fingerprint density at radius 2 is 1.70 bits per heavy atom. The predicted octanol–water partition coefficient (Wildman–Crippen LogP) is 2.97. The first-order valence-corrected chi connectivity index (χ1v) is 16.9. The summed E-state index contributed by atoms with van der Waals surface area (Å²) in [4.78, 5) is 52.4. The van der Waals surface area contributed by atoms with Crippen molar-refractivity contribution in [1.82, 2.24) is 0 Å². The first-order valence-electron chi connectivity index (χ1n) is 16.9. The molecule has 10 atom stereocenters. The number of hydrogen-bond donors (Lipinski definition) is 3. The Morgan fingerprint density at radius 3 is 2.26 bits per heavy atom. The van der Waals surface area contributed by atoms with Gasteiger partial charge in [0.25, 0.3) is 0 Å². The van der Waals surface area contributed by atoms with Crippen LogP contribution in [0.1, 0.15) is 65.9 Å².